The van der Waals surface area contributed by atoms with E-state index in [1.165, 1.54) is 18.3 Å². The van der Waals surface area contributed by atoms with Crippen LogP contribution in [0.2, 0.25) is 0 Å². The van der Waals surface area contributed by atoms with E-state index in [1.54, 1.807) is 24.3 Å². The van der Waals surface area contributed by atoms with Gasteiger partial charge in [-0.3, -0.25) is 0 Å². The molecule has 6 nitrogen and oxygen atoms in total. The maximum atomic E-state index is 12.3. The Hall–Kier alpha value is -4.01. The van der Waals surface area contributed by atoms with E-state index in [1.807, 2.05) is 19.1 Å². The Labute approximate surface area is 176 Å². The third kappa shape index (κ3) is 6.23. The van der Waals surface area contributed by atoms with Crippen LogP contribution >= 0.6 is 0 Å². The first-order valence-corrected chi connectivity index (χ1v) is 9.03. The highest BCUT2D eigenvalue weighted by molar-refractivity contribution is 6.00. The van der Waals surface area contributed by atoms with E-state index in [-0.39, 0.29) is 11.6 Å². The van der Waals surface area contributed by atoms with Crippen molar-refractivity contribution in [2.75, 3.05) is 10.6 Å². The lowest BCUT2D eigenvalue weighted by molar-refractivity contribution is -0.274. The second-order valence-corrected chi connectivity index (χ2v) is 6.39. The zero-order chi connectivity index (χ0) is 22.4. The fourth-order valence-electron chi connectivity index (χ4n) is 2.60. The molecule has 0 aliphatic carbocycles. The fraction of sp³-hybridized carbons (Fsp3) is 0.0909. The summed E-state index contributed by atoms with van der Waals surface area (Å²) in [6.07, 6.45) is -3.27. The second-order valence-electron chi connectivity index (χ2n) is 6.39. The second kappa shape index (κ2) is 9.21. The van der Waals surface area contributed by atoms with E-state index in [2.05, 4.69) is 26.9 Å². The largest absolute Gasteiger partial charge is 0.573 e. The van der Waals surface area contributed by atoms with Crippen molar-refractivity contribution in [3.63, 3.8) is 0 Å². The number of hydrogen-bond donors (Lipinski definition) is 2. The van der Waals surface area contributed by atoms with Crippen molar-refractivity contribution in [3.05, 3.63) is 79.0 Å². The van der Waals surface area contributed by atoms with Gasteiger partial charge in [-0.1, -0.05) is 24.8 Å². The minimum Gasteiger partial charge on any atom is -0.436 e. The van der Waals surface area contributed by atoms with Crippen molar-refractivity contribution in [1.29, 1.82) is 0 Å². The van der Waals surface area contributed by atoms with Crippen molar-refractivity contribution >= 4 is 23.0 Å². The molecule has 9 heteroatoms. The first-order chi connectivity index (χ1) is 14.7. The molecule has 1 aromatic heterocycles. The van der Waals surface area contributed by atoms with Crippen LogP contribution in [-0.4, -0.2) is 17.4 Å². The summed E-state index contributed by atoms with van der Waals surface area (Å²) in [4.78, 5) is 16.5. The first-order valence-electron chi connectivity index (χ1n) is 9.03. The number of para-hydroxylation sites is 1. The SMILES string of the molecule is C=C(C)c1ccccc1Oc1ncccc1NC(=O)Nc1ccc(OC(F)(F)F)cc1. The number of nitrogens with one attached hydrogen (secondary N) is 2. The molecule has 0 aliphatic heterocycles. The molecule has 31 heavy (non-hydrogen) atoms. The number of nitrogens with zero attached hydrogens (tertiary/aromatic N) is 1. The van der Waals surface area contributed by atoms with Crippen LogP contribution in [-0.2, 0) is 0 Å². The van der Waals surface area contributed by atoms with Crippen LogP contribution in [0.4, 0.5) is 29.3 Å². The lowest BCUT2D eigenvalue weighted by Gasteiger charge is -2.14. The van der Waals surface area contributed by atoms with Gasteiger partial charge in [-0.2, -0.15) is 0 Å². The Morgan fingerprint density at radius 3 is 2.39 bits per heavy atom. The minimum atomic E-state index is -4.79. The van der Waals surface area contributed by atoms with Gasteiger partial charge in [-0.15, -0.1) is 13.2 Å². The van der Waals surface area contributed by atoms with Gasteiger partial charge in [0.05, 0.1) is 0 Å². The van der Waals surface area contributed by atoms with Crippen molar-refractivity contribution in [1.82, 2.24) is 4.98 Å². The molecule has 0 radical (unpaired) electrons. The molecular weight excluding hydrogens is 411 g/mol. The van der Waals surface area contributed by atoms with Crippen LogP contribution in [0.25, 0.3) is 5.57 Å². The molecule has 0 unspecified atom stereocenters. The lowest BCUT2D eigenvalue weighted by Crippen LogP contribution is -2.20. The van der Waals surface area contributed by atoms with Crippen LogP contribution < -0.4 is 20.1 Å². The summed E-state index contributed by atoms with van der Waals surface area (Å²) in [6.45, 7) is 5.77. The predicted octanol–water partition coefficient (Wildman–Crippen LogP) is 6.45. The number of anilines is 2. The summed E-state index contributed by atoms with van der Waals surface area (Å²) >= 11 is 0. The molecule has 3 aromatic rings. The Morgan fingerprint density at radius 1 is 1.00 bits per heavy atom. The lowest BCUT2D eigenvalue weighted by atomic mass is 10.1. The number of alkyl halides is 3. The summed E-state index contributed by atoms with van der Waals surface area (Å²) in [5, 5.41) is 5.13. The van der Waals surface area contributed by atoms with Gasteiger partial charge in [-0.05, 0) is 55.0 Å². The summed E-state index contributed by atoms with van der Waals surface area (Å²) in [5.74, 6) is 0.301. The van der Waals surface area contributed by atoms with E-state index in [0.29, 0.717) is 11.4 Å². The molecule has 0 bridgehead atoms. The molecule has 2 amide bonds. The highest BCUT2D eigenvalue weighted by atomic mass is 19.4. The molecule has 0 saturated heterocycles. The predicted molar refractivity (Wildman–Crippen MR) is 111 cm³/mol. The maximum Gasteiger partial charge on any atom is 0.573 e. The van der Waals surface area contributed by atoms with Gasteiger partial charge in [0.1, 0.15) is 17.2 Å². The Balaban J connectivity index is 1.70. The van der Waals surface area contributed by atoms with Crippen molar-refractivity contribution in [3.8, 4) is 17.4 Å². The number of ether oxygens (including phenoxy) is 2. The number of amides is 2. The van der Waals surface area contributed by atoms with Gasteiger partial charge in [0.15, 0.2) is 0 Å². The average Bonchev–Trinajstić information content (AvgIpc) is 2.70. The van der Waals surface area contributed by atoms with Gasteiger partial charge < -0.3 is 20.1 Å². The monoisotopic (exact) mass is 429 g/mol. The molecule has 2 aromatic carbocycles. The topological polar surface area (TPSA) is 72.5 Å². The highest BCUT2D eigenvalue weighted by Gasteiger charge is 2.31. The molecule has 0 atom stereocenters. The number of carbonyl (C=O) groups excluding carboxylic acids is 1. The summed E-state index contributed by atoms with van der Waals surface area (Å²) < 4.78 is 46.4. The van der Waals surface area contributed by atoms with E-state index < -0.39 is 18.1 Å². The number of urea groups is 1. The molecule has 2 N–H and O–H groups in total. The van der Waals surface area contributed by atoms with Crippen LogP contribution in [0, 0.1) is 0 Å². The van der Waals surface area contributed by atoms with Crippen molar-refractivity contribution in [2.45, 2.75) is 13.3 Å². The quantitative estimate of drug-likeness (QED) is 0.472. The summed E-state index contributed by atoms with van der Waals surface area (Å²) in [6, 6.07) is 14.6. The number of rotatable bonds is 6. The fourth-order valence-corrected chi connectivity index (χ4v) is 2.60. The third-order valence-corrected chi connectivity index (χ3v) is 3.92. The van der Waals surface area contributed by atoms with E-state index in [9.17, 15) is 18.0 Å². The average molecular weight is 429 g/mol. The van der Waals surface area contributed by atoms with Crippen molar-refractivity contribution < 1.29 is 27.4 Å². The molecule has 1 heterocycles. The zero-order valence-electron chi connectivity index (χ0n) is 16.4. The van der Waals surface area contributed by atoms with Crippen LogP contribution in [0.15, 0.2) is 73.4 Å². The van der Waals surface area contributed by atoms with E-state index in [4.69, 9.17) is 4.74 Å². The number of benzene rings is 2. The third-order valence-electron chi connectivity index (χ3n) is 3.92. The molecule has 160 valence electrons. The number of halogens is 3. The van der Waals surface area contributed by atoms with Crippen LogP contribution in [0.5, 0.6) is 17.4 Å². The maximum absolute atomic E-state index is 12.3. The molecular formula is C22H18F3N3O3. The van der Waals surface area contributed by atoms with Gasteiger partial charge >= 0.3 is 12.4 Å². The Kier molecular flexibility index (Phi) is 6.44. The number of aromatic nitrogens is 1. The molecule has 0 aliphatic rings. The van der Waals surface area contributed by atoms with E-state index >= 15 is 0 Å². The number of pyridine rings is 1. The molecule has 3 rings (SSSR count). The Morgan fingerprint density at radius 2 is 1.71 bits per heavy atom. The number of carbonyl (C=O) groups is 1. The first kappa shape index (κ1) is 21.7. The van der Waals surface area contributed by atoms with Crippen molar-refractivity contribution in [2.24, 2.45) is 0 Å². The zero-order valence-corrected chi connectivity index (χ0v) is 16.4. The van der Waals surface area contributed by atoms with Gasteiger partial charge in [0.2, 0.25) is 5.88 Å². The molecule has 0 fully saturated rings. The normalized spacial score (nSPS) is 10.8. The Bertz CT molecular complexity index is 1080. The smallest absolute Gasteiger partial charge is 0.436 e. The number of hydrogen-bond acceptors (Lipinski definition) is 4. The summed E-state index contributed by atoms with van der Waals surface area (Å²) in [5.41, 5.74) is 2.17. The van der Waals surface area contributed by atoms with E-state index in [0.717, 1.165) is 23.3 Å². The number of allylic oxidation sites excluding steroid dienone is 1. The summed E-state index contributed by atoms with van der Waals surface area (Å²) in [7, 11) is 0. The molecule has 0 spiro atoms. The van der Waals surface area contributed by atoms with Crippen LogP contribution in [0.3, 0.4) is 0 Å². The van der Waals surface area contributed by atoms with Crippen LogP contribution in [0.1, 0.15) is 12.5 Å². The standard InChI is InChI=1S/C22H18F3N3O3/c1-14(2)17-6-3-4-8-19(17)30-20-18(7-5-13-26-20)28-21(29)27-15-9-11-16(12-10-15)31-22(23,24)25/h3-13H,1H2,2H3,(H2,27,28,29). The minimum absolute atomic E-state index is 0.167. The van der Waals surface area contributed by atoms with Gasteiger partial charge in [-0.25, -0.2) is 9.78 Å². The molecule has 0 saturated carbocycles. The van der Waals surface area contributed by atoms with Gasteiger partial charge in [0, 0.05) is 17.4 Å². The highest BCUT2D eigenvalue weighted by Crippen LogP contribution is 2.32. The van der Waals surface area contributed by atoms with Gasteiger partial charge in [0.25, 0.3) is 0 Å².